The molecule has 86 valence electrons. The van der Waals surface area contributed by atoms with Gasteiger partial charge in [0.1, 0.15) is 4.99 Å². The minimum atomic E-state index is 0.491. The van der Waals surface area contributed by atoms with E-state index in [1.807, 2.05) is 0 Å². The van der Waals surface area contributed by atoms with Crippen molar-refractivity contribution in [3.05, 3.63) is 29.3 Å². The third kappa shape index (κ3) is 2.05. The van der Waals surface area contributed by atoms with Crippen molar-refractivity contribution in [1.29, 1.82) is 0 Å². The number of aryl methyl sites for hydroxylation is 1. The molecule has 16 heavy (non-hydrogen) atoms. The second-order valence-corrected chi connectivity index (χ2v) is 5.02. The number of rotatable bonds is 3. The Bertz CT molecular complexity index is 410. The number of hydrogen-bond donors (Lipinski definition) is 1. The van der Waals surface area contributed by atoms with Gasteiger partial charge in [-0.2, -0.15) is 0 Å². The Kier molecular flexibility index (Phi) is 3.15. The lowest BCUT2D eigenvalue weighted by atomic mass is 9.91. The maximum atomic E-state index is 5.79. The molecule has 0 radical (unpaired) electrons. The molecule has 0 spiro atoms. The van der Waals surface area contributed by atoms with Crippen molar-refractivity contribution < 1.29 is 0 Å². The standard InChI is InChI=1S/C13H18N2S/c1-9-6-7-12(11(8-9)13(14)16)15(2)10-4-3-5-10/h6-8,10H,3-5H2,1-2H3,(H2,14,16). The molecule has 1 aliphatic rings. The molecule has 1 fully saturated rings. The summed E-state index contributed by atoms with van der Waals surface area (Å²) in [6.07, 6.45) is 3.89. The zero-order chi connectivity index (χ0) is 11.7. The average molecular weight is 234 g/mol. The smallest absolute Gasteiger partial charge is 0.106 e. The Morgan fingerprint density at radius 1 is 1.44 bits per heavy atom. The fraction of sp³-hybridized carbons (Fsp3) is 0.462. The molecule has 1 saturated carbocycles. The van der Waals surface area contributed by atoms with Crippen molar-refractivity contribution >= 4 is 22.9 Å². The van der Waals surface area contributed by atoms with Gasteiger partial charge in [-0.1, -0.05) is 23.8 Å². The highest BCUT2D eigenvalue weighted by molar-refractivity contribution is 7.80. The van der Waals surface area contributed by atoms with Crippen molar-refractivity contribution in [2.45, 2.75) is 32.2 Å². The van der Waals surface area contributed by atoms with Gasteiger partial charge in [0.25, 0.3) is 0 Å². The predicted octanol–water partition coefficient (Wildman–Crippen LogP) is 2.62. The van der Waals surface area contributed by atoms with Crippen LogP contribution in [0, 0.1) is 6.92 Å². The molecular formula is C13H18N2S. The number of hydrogen-bond acceptors (Lipinski definition) is 2. The highest BCUT2D eigenvalue weighted by Crippen LogP contribution is 2.30. The van der Waals surface area contributed by atoms with Gasteiger partial charge in [0.05, 0.1) is 0 Å². The molecule has 0 atom stereocenters. The molecule has 0 heterocycles. The molecule has 2 N–H and O–H groups in total. The van der Waals surface area contributed by atoms with Crippen LogP contribution in [-0.4, -0.2) is 18.1 Å². The van der Waals surface area contributed by atoms with E-state index in [0.717, 1.165) is 5.56 Å². The Labute approximate surface area is 102 Å². The first-order valence-electron chi connectivity index (χ1n) is 5.73. The fourth-order valence-electron chi connectivity index (χ4n) is 2.13. The summed E-state index contributed by atoms with van der Waals surface area (Å²) in [6, 6.07) is 6.98. The number of nitrogens with two attached hydrogens (primary N) is 1. The number of anilines is 1. The van der Waals surface area contributed by atoms with Crippen LogP contribution in [-0.2, 0) is 0 Å². The molecule has 1 aromatic rings. The Hall–Kier alpha value is -1.09. The van der Waals surface area contributed by atoms with E-state index in [9.17, 15) is 0 Å². The van der Waals surface area contributed by atoms with Crippen LogP contribution in [0.3, 0.4) is 0 Å². The van der Waals surface area contributed by atoms with Crippen LogP contribution in [0.2, 0.25) is 0 Å². The summed E-state index contributed by atoms with van der Waals surface area (Å²) in [7, 11) is 2.14. The molecule has 0 aromatic heterocycles. The topological polar surface area (TPSA) is 29.3 Å². The summed E-state index contributed by atoms with van der Waals surface area (Å²) in [5.74, 6) is 0. The Morgan fingerprint density at radius 2 is 2.12 bits per heavy atom. The number of thiocarbonyl (C=S) groups is 1. The lowest BCUT2D eigenvalue weighted by Crippen LogP contribution is -2.38. The van der Waals surface area contributed by atoms with Crippen LogP contribution in [0.25, 0.3) is 0 Å². The maximum Gasteiger partial charge on any atom is 0.106 e. The average Bonchev–Trinajstić information content (AvgIpc) is 2.14. The second kappa shape index (κ2) is 4.42. The molecule has 0 saturated heterocycles. The van der Waals surface area contributed by atoms with Crippen molar-refractivity contribution in [2.75, 3.05) is 11.9 Å². The first-order chi connectivity index (χ1) is 7.59. The van der Waals surface area contributed by atoms with E-state index in [1.54, 1.807) is 0 Å². The fourth-order valence-corrected chi connectivity index (χ4v) is 2.29. The van der Waals surface area contributed by atoms with E-state index >= 15 is 0 Å². The lowest BCUT2D eigenvalue weighted by molar-refractivity contribution is 0.401. The van der Waals surface area contributed by atoms with Gasteiger partial charge in [-0.15, -0.1) is 0 Å². The van der Waals surface area contributed by atoms with Crippen molar-refractivity contribution in [3.63, 3.8) is 0 Å². The maximum absolute atomic E-state index is 5.79. The highest BCUT2D eigenvalue weighted by atomic mass is 32.1. The minimum absolute atomic E-state index is 0.491. The van der Waals surface area contributed by atoms with Crippen LogP contribution in [0.1, 0.15) is 30.4 Å². The summed E-state index contributed by atoms with van der Waals surface area (Å²) in [5, 5.41) is 0. The molecule has 2 rings (SSSR count). The van der Waals surface area contributed by atoms with Crippen LogP contribution < -0.4 is 10.6 Å². The summed E-state index contributed by atoms with van der Waals surface area (Å²) in [5.41, 5.74) is 9.16. The van der Waals surface area contributed by atoms with E-state index in [4.69, 9.17) is 18.0 Å². The molecule has 0 aliphatic heterocycles. The largest absolute Gasteiger partial charge is 0.389 e. The quantitative estimate of drug-likeness (QED) is 0.815. The van der Waals surface area contributed by atoms with Gasteiger partial charge in [-0.3, -0.25) is 0 Å². The summed E-state index contributed by atoms with van der Waals surface area (Å²) in [6.45, 7) is 2.06. The predicted molar refractivity (Wildman–Crippen MR) is 73.1 cm³/mol. The third-order valence-electron chi connectivity index (χ3n) is 3.42. The van der Waals surface area contributed by atoms with Gasteiger partial charge in [-0.05, 0) is 38.3 Å². The zero-order valence-electron chi connectivity index (χ0n) is 9.86. The third-order valence-corrected chi connectivity index (χ3v) is 3.64. The summed E-state index contributed by atoms with van der Waals surface area (Å²) in [4.78, 5) is 2.81. The Balaban J connectivity index is 2.34. The normalized spacial score (nSPS) is 15.6. The Morgan fingerprint density at radius 3 is 2.62 bits per heavy atom. The summed E-state index contributed by atoms with van der Waals surface area (Å²) >= 11 is 5.12. The molecule has 0 unspecified atom stereocenters. The SMILES string of the molecule is Cc1ccc(N(C)C2CCC2)c(C(N)=S)c1. The van der Waals surface area contributed by atoms with Gasteiger partial charge < -0.3 is 10.6 Å². The number of nitrogens with zero attached hydrogens (tertiary/aromatic N) is 1. The molecule has 1 aliphatic carbocycles. The molecule has 3 heteroatoms. The molecule has 0 bridgehead atoms. The van der Waals surface area contributed by atoms with Crippen LogP contribution in [0.15, 0.2) is 18.2 Å². The van der Waals surface area contributed by atoms with Crippen LogP contribution in [0.5, 0.6) is 0 Å². The van der Waals surface area contributed by atoms with E-state index < -0.39 is 0 Å². The van der Waals surface area contributed by atoms with Gasteiger partial charge >= 0.3 is 0 Å². The van der Waals surface area contributed by atoms with Gasteiger partial charge in [0.15, 0.2) is 0 Å². The van der Waals surface area contributed by atoms with E-state index in [0.29, 0.717) is 11.0 Å². The van der Waals surface area contributed by atoms with E-state index in [2.05, 4.69) is 37.1 Å². The van der Waals surface area contributed by atoms with E-state index in [1.165, 1.54) is 30.5 Å². The highest BCUT2D eigenvalue weighted by Gasteiger charge is 2.24. The van der Waals surface area contributed by atoms with E-state index in [-0.39, 0.29) is 0 Å². The molecule has 2 nitrogen and oxygen atoms in total. The van der Waals surface area contributed by atoms with Gasteiger partial charge in [-0.25, -0.2) is 0 Å². The first kappa shape index (κ1) is 11.4. The number of benzene rings is 1. The second-order valence-electron chi connectivity index (χ2n) is 4.58. The molecule has 0 amide bonds. The summed E-state index contributed by atoms with van der Waals surface area (Å²) < 4.78 is 0. The van der Waals surface area contributed by atoms with Crippen molar-refractivity contribution in [3.8, 4) is 0 Å². The minimum Gasteiger partial charge on any atom is -0.389 e. The first-order valence-corrected chi connectivity index (χ1v) is 6.13. The molecular weight excluding hydrogens is 216 g/mol. The van der Waals surface area contributed by atoms with Crippen LogP contribution >= 0.6 is 12.2 Å². The van der Waals surface area contributed by atoms with Gasteiger partial charge in [0, 0.05) is 24.3 Å². The molecule has 1 aromatic carbocycles. The van der Waals surface area contributed by atoms with Crippen LogP contribution in [0.4, 0.5) is 5.69 Å². The van der Waals surface area contributed by atoms with Crippen molar-refractivity contribution in [1.82, 2.24) is 0 Å². The van der Waals surface area contributed by atoms with Crippen molar-refractivity contribution in [2.24, 2.45) is 5.73 Å². The lowest BCUT2D eigenvalue weighted by Gasteiger charge is -2.37. The monoisotopic (exact) mass is 234 g/mol. The zero-order valence-corrected chi connectivity index (χ0v) is 10.7. The van der Waals surface area contributed by atoms with Gasteiger partial charge in [0.2, 0.25) is 0 Å².